The Labute approximate surface area is 174 Å². The summed E-state index contributed by atoms with van der Waals surface area (Å²) in [6.07, 6.45) is 3.97. The zero-order valence-electron chi connectivity index (χ0n) is 17.6. The molecule has 29 heavy (non-hydrogen) atoms. The minimum atomic E-state index is 0.319. The van der Waals surface area contributed by atoms with Gasteiger partial charge in [-0.05, 0) is 61.9 Å². The predicted octanol–water partition coefficient (Wildman–Crippen LogP) is 4.37. The van der Waals surface area contributed by atoms with Gasteiger partial charge in [0.05, 0.1) is 7.11 Å². The van der Waals surface area contributed by atoms with E-state index in [9.17, 15) is 4.79 Å². The first-order chi connectivity index (χ1) is 14.1. The molecule has 2 aromatic carbocycles. The molecule has 2 fully saturated rings. The molecule has 0 N–H and O–H groups in total. The Morgan fingerprint density at radius 3 is 2.45 bits per heavy atom. The Kier molecular flexibility index (Phi) is 6.19. The molecule has 4 rings (SSSR count). The summed E-state index contributed by atoms with van der Waals surface area (Å²) < 4.78 is 5.25. The number of rotatable bonds is 5. The van der Waals surface area contributed by atoms with Gasteiger partial charge in [0.1, 0.15) is 5.75 Å². The van der Waals surface area contributed by atoms with Gasteiger partial charge in [-0.1, -0.05) is 42.0 Å². The second-order valence-electron chi connectivity index (χ2n) is 8.57. The first-order valence-corrected chi connectivity index (χ1v) is 10.8. The van der Waals surface area contributed by atoms with E-state index in [-0.39, 0.29) is 0 Å². The van der Waals surface area contributed by atoms with Gasteiger partial charge in [-0.15, -0.1) is 0 Å². The highest BCUT2D eigenvalue weighted by Gasteiger charge is 2.33. The third kappa shape index (κ3) is 4.81. The van der Waals surface area contributed by atoms with Crippen molar-refractivity contribution in [2.75, 3.05) is 26.7 Å². The highest BCUT2D eigenvalue weighted by molar-refractivity contribution is 5.78. The smallest absolute Gasteiger partial charge is 0.223 e. The van der Waals surface area contributed by atoms with E-state index < -0.39 is 0 Å². The quantitative estimate of drug-likeness (QED) is 0.757. The van der Waals surface area contributed by atoms with Crippen LogP contribution in [-0.2, 0) is 11.3 Å². The Morgan fingerprint density at radius 1 is 1.00 bits per heavy atom. The van der Waals surface area contributed by atoms with Crippen molar-refractivity contribution >= 4 is 5.91 Å². The highest BCUT2D eigenvalue weighted by atomic mass is 16.5. The summed E-state index contributed by atoms with van der Waals surface area (Å²) in [7, 11) is 1.68. The number of hydrogen-bond acceptors (Lipinski definition) is 3. The first-order valence-electron chi connectivity index (χ1n) is 10.8. The van der Waals surface area contributed by atoms with Crippen LogP contribution in [0.15, 0.2) is 48.5 Å². The molecule has 1 amide bonds. The average molecular weight is 393 g/mol. The van der Waals surface area contributed by atoms with E-state index in [0.29, 0.717) is 24.3 Å². The van der Waals surface area contributed by atoms with Gasteiger partial charge >= 0.3 is 0 Å². The van der Waals surface area contributed by atoms with Crippen LogP contribution in [0.1, 0.15) is 48.3 Å². The summed E-state index contributed by atoms with van der Waals surface area (Å²) in [6, 6.07) is 17.4. The molecule has 0 saturated carbocycles. The van der Waals surface area contributed by atoms with Crippen molar-refractivity contribution in [1.29, 1.82) is 0 Å². The van der Waals surface area contributed by atoms with Crippen molar-refractivity contribution in [3.05, 3.63) is 65.2 Å². The van der Waals surface area contributed by atoms with E-state index in [1.165, 1.54) is 23.1 Å². The lowest BCUT2D eigenvalue weighted by atomic mass is 9.87. The zero-order chi connectivity index (χ0) is 20.2. The average Bonchev–Trinajstić information content (AvgIpc) is 2.75. The molecule has 0 aromatic heterocycles. The molecule has 2 heterocycles. The number of nitrogens with zero attached hydrogens (tertiary/aromatic N) is 2. The largest absolute Gasteiger partial charge is 0.497 e. The van der Waals surface area contributed by atoms with Crippen LogP contribution in [0.4, 0.5) is 0 Å². The first kappa shape index (κ1) is 20.0. The standard InChI is InChI=1S/C25H32N2O2/c1-19-5-7-20(8-6-19)17-26-14-3-4-23(18-26)27-15-13-22(16-25(27)28)21-9-11-24(29-2)12-10-21/h5-12,22-23H,3-4,13-18H2,1-2H3. The van der Waals surface area contributed by atoms with E-state index in [1.807, 2.05) is 12.1 Å². The minimum absolute atomic E-state index is 0.319. The van der Waals surface area contributed by atoms with Crippen molar-refractivity contribution in [2.24, 2.45) is 0 Å². The van der Waals surface area contributed by atoms with Crippen molar-refractivity contribution in [3.8, 4) is 5.75 Å². The van der Waals surface area contributed by atoms with Crippen molar-refractivity contribution < 1.29 is 9.53 Å². The molecule has 0 radical (unpaired) electrons. The van der Waals surface area contributed by atoms with Crippen LogP contribution in [0, 0.1) is 6.92 Å². The monoisotopic (exact) mass is 392 g/mol. The minimum Gasteiger partial charge on any atom is -0.497 e. The summed E-state index contributed by atoms with van der Waals surface area (Å²) >= 11 is 0. The number of likely N-dealkylation sites (tertiary alicyclic amines) is 2. The molecule has 4 nitrogen and oxygen atoms in total. The Hall–Kier alpha value is -2.33. The van der Waals surface area contributed by atoms with Crippen LogP contribution in [0.5, 0.6) is 5.75 Å². The Balaban J connectivity index is 1.34. The third-order valence-electron chi connectivity index (χ3n) is 6.50. The number of ether oxygens (including phenoxy) is 1. The SMILES string of the molecule is COc1ccc(C2CCN(C3CCCN(Cc4ccc(C)cc4)C3)C(=O)C2)cc1. The molecular formula is C25H32N2O2. The van der Waals surface area contributed by atoms with Gasteiger partial charge in [-0.25, -0.2) is 0 Å². The van der Waals surface area contributed by atoms with Crippen LogP contribution in [-0.4, -0.2) is 48.5 Å². The molecule has 2 saturated heterocycles. The number of carbonyl (C=O) groups is 1. The van der Waals surface area contributed by atoms with Gasteiger partial charge in [0.25, 0.3) is 0 Å². The number of methoxy groups -OCH3 is 1. The molecule has 2 aliphatic heterocycles. The maximum atomic E-state index is 13.0. The lowest BCUT2D eigenvalue weighted by molar-refractivity contribution is -0.137. The van der Waals surface area contributed by atoms with Crippen molar-refractivity contribution in [3.63, 3.8) is 0 Å². The second kappa shape index (κ2) is 9.00. The topological polar surface area (TPSA) is 32.8 Å². The van der Waals surface area contributed by atoms with Gasteiger partial charge in [-0.3, -0.25) is 9.69 Å². The van der Waals surface area contributed by atoms with E-state index >= 15 is 0 Å². The van der Waals surface area contributed by atoms with E-state index in [1.54, 1.807) is 7.11 Å². The molecule has 0 bridgehead atoms. The zero-order valence-corrected chi connectivity index (χ0v) is 17.6. The number of benzene rings is 2. The predicted molar refractivity (Wildman–Crippen MR) is 116 cm³/mol. The molecule has 2 atom stereocenters. The van der Waals surface area contributed by atoms with Gasteiger partial charge in [-0.2, -0.15) is 0 Å². The summed E-state index contributed by atoms with van der Waals surface area (Å²) in [5.74, 6) is 1.52. The summed E-state index contributed by atoms with van der Waals surface area (Å²) in [5.41, 5.74) is 3.92. The van der Waals surface area contributed by atoms with E-state index in [2.05, 4.69) is 53.1 Å². The van der Waals surface area contributed by atoms with Crippen LogP contribution in [0.25, 0.3) is 0 Å². The summed E-state index contributed by atoms with van der Waals surface area (Å²) in [4.78, 5) is 17.7. The number of carbonyl (C=O) groups excluding carboxylic acids is 1. The fourth-order valence-corrected chi connectivity index (χ4v) is 4.78. The molecule has 0 spiro atoms. The number of piperidine rings is 2. The number of amides is 1. The summed E-state index contributed by atoms with van der Waals surface area (Å²) in [5, 5.41) is 0. The molecule has 0 aliphatic carbocycles. The molecular weight excluding hydrogens is 360 g/mol. The summed E-state index contributed by atoms with van der Waals surface area (Å²) in [6.45, 7) is 6.10. The van der Waals surface area contributed by atoms with E-state index in [0.717, 1.165) is 44.8 Å². The van der Waals surface area contributed by atoms with Gasteiger partial charge in [0, 0.05) is 32.1 Å². The van der Waals surface area contributed by atoms with Crippen LogP contribution in [0.2, 0.25) is 0 Å². The van der Waals surface area contributed by atoms with Gasteiger partial charge in [0.2, 0.25) is 5.91 Å². The van der Waals surface area contributed by atoms with Crippen LogP contribution in [0.3, 0.4) is 0 Å². The Morgan fingerprint density at radius 2 is 1.76 bits per heavy atom. The van der Waals surface area contributed by atoms with Gasteiger partial charge < -0.3 is 9.64 Å². The molecule has 2 aromatic rings. The lowest BCUT2D eigenvalue weighted by Crippen LogP contribution is -2.52. The molecule has 4 heteroatoms. The Bertz CT molecular complexity index is 816. The molecule has 2 aliphatic rings. The fourth-order valence-electron chi connectivity index (χ4n) is 4.78. The number of aryl methyl sites for hydroxylation is 1. The van der Waals surface area contributed by atoms with Gasteiger partial charge in [0.15, 0.2) is 0 Å². The fraction of sp³-hybridized carbons (Fsp3) is 0.480. The van der Waals surface area contributed by atoms with Crippen LogP contribution < -0.4 is 4.74 Å². The van der Waals surface area contributed by atoms with Crippen LogP contribution >= 0.6 is 0 Å². The highest BCUT2D eigenvalue weighted by Crippen LogP contribution is 2.32. The maximum Gasteiger partial charge on any atom is 0.223 e. The number of hydrogen-bond donors (Lipinski definition) is 0. The van der Waals surface area contributed by atoms with Crippen molar-refractivity contribution in [2.45, 2.75) is 51.1 Å². The maximum absolute atomic E-state index is 13.0. The molecule has 154 valence electrons. The second-order valence-corrected chi connectivity index (χ2v) is 8.57. The lowest BCUT2D eigenvalue weighted by Gasteiger charge is -2.42. The third-order valence-corrected chi connectivity index (χ3v) is 6.50. The normalized spacial score (nSPS) is 23.2. The van der Waals surface area contributed by atoms with E-state index in [4.69, 9.17) is 4.74 Å². The molecule has 2 unspecified atom stereocenters. The van der Waals surface area contributed by atoms with Crippen molar-refractivity contribution in [1.82, 2.24) is 9.80 Å².